The van der Waals surface area contributed by atoms with E-state index in [1.54, 1.807) is 12.1 Å². The molecule has 59 heavy (non-hydrogen) atoms. The quantitative estimate of drug-likeness (QED) is 0.0597. The number of amides is 1. The topological polar surface area (TPSA) is 193 Å². The number of nitrogens with zero attached hydrogens (tertiary/aromatic N) is 3. The van der Waals surface area contributed by atoms with Crippen LogP contribution in [0.25, 0.3) is 0 Å². The Labute approximate surface area is 347 Å². The monoisotopic (exact) mass is 859 g/mol. The number of benzene rings is 3. The highest BCUT2D eigenvalue weighted by Crippen LogP contribution is 2.43. The maximum atomic E-state index is 14.3. The Morgan fingerprint density at radius 3 is 2.27 bits per heavy atom. The van der Waals surface area contributed by atoms with Gasteiger partial charge in [0, 0.05) is 22.8 Å². The number of rotatable bonds is 14. The van der Waals surface area contributed by atoms with E-state index in [4.69, 9.17) is 47.3 Å². The first-order valence-corrected chi connectivity index (χ1v) is 19.5. The summed E-state index contributed by atoms with van der Waals surface area (Å²) in [5.74, 6) is -3.43. The molecule has 314 valence electrons. The molecule has 4 aromatic rings. The van der Waals surface area contributed by atoms with Crippen LogP contribution in [0.15, 0.2) is 67.0 Å². The zero-order chi connectivity index (χ0) is 42.4. The molecule has 4 N–H and O–H groups in total. The third-order valence-electron chi connectivity index (χ3n) is 10.7. The third kappa shape index (κ3) is 10.4. The van der Waals surface area contributed by atoms with Crippen molar-refractivity contribution in [3.8, 4) is 23.0 Å². The highest BCUT2D eigenvalue weighted by atomic mass is 35.5. The average Bonchev–Trinajstić information content (AvgIpc) is 4.03. The van der Waals surface area contributed by atoms with Crippen LogP contribution in [0, 0.1) is 11.8 Å². The minimum atomic E-state index is -3.15. The normalized spacial score (nSPS) is 18.6. The number of ether oxygens (including phenoxy) is 3. The smallest absolute Gasteiger partial charge is 0.415 e. The number of aromatic carboxylic acids is 1. The first-order chi connectivity index (χ1) is 28.3. The number of piperidine rings is 3. The van der Waals surface area contributed by atoms with Gasteiger partial charge >= 0.3 is 18.7 Å². The van der Waals surface area contributed by atoms with Gasteiger partial charge in [0.25, 0.3) is 6.47 Å². The van der Waals surface area contributed by atoms with E-state index in [2.05, 4.69) is 4.90 Å². The van der Waals surface area contributed by atoms with Gasteiger partial charge in [-0.2, -0.15) is 8.78 Å². The molecule has 8 rings (SSSR count). The highest BCUT2D eigenvalue weighted by Gasteiger charge is 2.38. The van der Waals surface area contributed by atoms with Gasteiger partial charge in [0.2, 0.25) is 12.4 Å². The number of hydrogen-bond acceptors (Lipinski definition) is 10. The minimum absolute atomic E-state index is 0.0149. The standard InChI is InChI=1S/C40H39Cl2F2N3O9.CH2O2/c41-30-18-46(53)19-31(42)28(30)16-27(24-7-10-34(55-39(43)44)35(15-24)54-21-22-5-6-22)25-8-9-26(38(50)51)37(49)29(25)17-47(32-3-1-2-4-33(32)48)40(52)56-36-20-45-13-11-23(36)12-14-45;2-1-3/h1-4,7-10,15,18-19,22-23,27,36,39H,5-6,11-14,16-17,20-21H2,(H3-,48,49,50,51,53);1H,(H,2,3)/t27-,36-;/m0./s1. The van der Waals surface area contributed by atoms with Crippen molar-refractivity contribution in [1.82, 2.24) is 4.90 Å². The molecule has 1 amide bonds. The van der Waals surface area contributed by atoms with Gasteiger partial charge in [-0.1, -0.05) is 53.2 Å². The lowest BCUT2D eigenvalue weighted by molar-refractivity contribution is -0.904. The number of halogens is 4. The summed E-state index contributed by atoms with van der Waals surface area (Å²) >= 11 is 13.2. The number of carbonyl (C=O) groups excluding carboxylic acids is 1. The molecule has 3 saturated heterocycles. The summed E-state index contributed by atoms with van der Waals surface area (Å²) in [6.45, 7) is -1.36. The average molecular weight is 861 g/mol. The first-order valence-electron chi connectivity index (χ1n) is 18.7. The van der Waals surface area contributed by atoms with Gasteiger partial charge in [-0.3, -0.25) is 19.8 Å². The number of aromatic hydroxyl groups is 1. The largest absolute Gasteiger partial charge is 0.872 e. The van der Waals surface area contributed by atoms with E-state index in [0.717, 1.165) is 49.7 Å². The van der Waals surface area contributed by atoms with Gasteiger partial charge in [0.05, 0.1) is 24.4 Å². The molecule has 4 heterocycles. The summed E-state index contributed by atoms with van der Waals surface area (Å²) < 4.78 is 44.6. The number of carbonyl (C=O) groups is 3. The van der Waals surface area contributed by atoms with Crippen molar-refractivity contribution in [1.29, 1.82) is 0 Å². The van der Waals surface area contributed by atoms with Crippen molar-refractivity contribution < 1.29 is 67.7 Å². The molecule has 3 aromatic carbocycles. The molecule has 1 aliphatic carbocycles. The molecule has 18 heteroatoms. The molecule has 0 radical (unpaired) electrons. The van der Waals surface area contributed by atoms with Crippen molar-refractivity contribution in [3.05, 3.63) is 105 Å². The summed E-state index contributed by atoms with van der Waals surface area (Å²) in [5.41, 5.74) is 0.302. The molecule has 14 nitrogen and oxygen atoms in total. The van der Waals surface area contributed by atoms with Crippen LogP contribution in [0.1, 0.15) is 64.2 Å². The van der Waals surface area contributed by atoms with E-state index in [1.165, 1.54) is 48.8 Å². The van der Waals surface area contributed by atoms with E-state index in [-0.39, 0.29) is 75.4 Å². The number of carboxylic acid groups (broad SMARTS) is 2. The number of carboxylic acids is 1. The summed E-state index contributed by atoms with van der Waals surface area (Å²) in [6.07, 6.45) is 4.61. The molecular formula is C41H41Cl2F2N3O11. The second-order valence-electron chi connectivity index (χ2n) is 14.5. The Balaban J connectivity index is 0.00000189. The molecule has 3 aliphatic heterocycles. The predicted octanol–water partition coefficient (Wildman–Crippen LogP) is 6.70. The van der Waals surface area contributed by atoms with E-state index >= 15 is 0 Å². The molecule has 4 aliphatic rings. The Morgan fingerprint density at radius 2 is 1.68 bits per heavy atom. The second-order valence-corrected chi connectivity index (χ2v) is 15.3. The maximum absolute atomic E-state index is 14.3. The van der Waals surface area contributed by atoms with Gasteiger partial charge in [0.15, 0.2) is 11.5 Å². The van der Waals surface area contributed by atoms with Crippen molar-refractivity contribution >= 4 is 47.4 Å². The van der Waals surface area contributed by atoms with E-state index in [1.807, 2.05) is 0 Å². The van der Waals surface area contributed by atoms with Gasteiger partial charge in [-0.15, -0.1) is 0 Å². The highest BCUT2D eigenvalue weighted by molar-refractivity contribution is 6.35. The summed E-state index contributed by atoms with van der Waals surface area (Å²) in [6, 6.07) is 12.9. The zero-order valence-electron chi connectivity index (χ0n) is 31.4. The molecule has 1 aromatic heterocycles. The van der Waals surface area contributed by atoms with E-state index in [0.29, 0.717) is 22.4 Å². The lowest BCUT2D eigenvalue weighted by atomic mass is 9.82. The van der Waals surface area contributed by atoms with Crippen LogP contribution in [-0.4, -0.2) is 82.9 Å². The molecular weight excluding hydrogens is 819 g/mol. The van der Waals surface area contributed by atoms with Crippen LogP contribution < -0.4 is 24.2 Å². The Kier molecular flexibility index (Phi) is 13.8. The van der Waals surface area contributed by atoms with Gasteiger partial charge in [0.1, 0.15) is 21.9 Å². The number of hydrogen-bond donors (Lipinski definition) is 4. The lowest BCUT2D eigenvalue weighted by Gasteiger charge is -2.44. The molecule has 2 atom stereocenters. The number of pyridine rings is 1. The number of fused-ring (bicyclic) bond motifs is 3. The van der Waals surface area contributed by atoms with Crippen LogP contribution in [0.4, 0.5) is 19.3 Å². The fraction of sp³-hybridized carbons (Fsp3) is 0.366. The molecule has 2 bridgehead atoms. The Bertz CT molecular complexity index is 2150. The van der Waals surface area contributed by atoms with Crippen molar-refractivity contribution in [2.75, 3.05) is 31.1 Å². The first kappa shape index (κ1) is 43.0. The fourth-order valence-corrected chi connectivity index (χ4v) is 8.13. The van der Waals surface area contributed by atoms with Crippen LogP contribution >= 0.6 is 23.2 Å². The number of aromatic nitrogens is 1. The SMILES string of the molecule is O=C(O)c1ccc([C@@H](Cc2c(Cl)c[n+](O)cc2Cl)c2ccc(OC(F)F)c(OCC3CC3)c2)c(CN(C(=O)O[C@H]2CN3CCC2CC3)c2ccccc2O)c1[O-].O=CO. The minimum Gasteiger partial charge on any atom is -0.872 e. The fourth-order valence-electron chi connectivity index (χ4n) is 7.52. The van der Waals surface area contributed by atoms with Crippen molar-refractivity contribution in [2.45, 2.75) is 57.3 Å². The number of phenols is 1. The summed E-state index contributed by atoms with van der Waals surface area (Å²) in [5, 5.41) is 52.6. The number of phenolic OH excluding ortho intramolecular Hbond substituents is 1. The summed E-state index contributed by atoms with van der Waals surface area (Å²) in [7, 11) is 0. The van der Waals surface area contributed by atoms with E-state index < -0.39 is 48.6 Å². The molecule has 4 fully saturated rings. The zero-order valence-corrected chi connectivity index (χ0v) is 32.9. The Morgan fingerprint density at radius 1 is 1.00 bits per heavy atom. The molecule has 0 unspecified atom stereocenters. The van der Waals surface area contributed by atoms with Crippen molar-refractivity contribution in [3.63, 3.8) is 0 Å². The van der Waals surface area contributed by atoms with Gasteiger partial charge in [-0.05, 0) is 104 Å². The lowest BCUT2D eigenvalue weighted by Crippen LogP contribution is -2.53. The third-order valence-corrected chi connectivity index (χ3v) is 11.3. The van der Waals surface area contributed by atoms with E-state index in [9.17, 15) is 38.9 Å². The summed E-state index contributed by atoms with van der Waals surface area (Å²) in [4.78, 5) is 38.3. The molecule has 0 spiro atoms. The predicted molar refractivity (Wildman–Crippen MR) is 206 cm³/mol. The van der Waals surface area contributed by atoms with Crippen molar-refractivity contribution in [2.24, 2.45) is 11.8 Å². The maximum Gasteiger partial charge on any atom is 0.415 e. The number of anilines is 1. The van der Waals surface area contributed by atoms with Gasteiger partial charge < -0.3 is 34.6 Å². The molecule has 1 saturated carbocycles. The van der Waals surface area contributed by atoms with Crippen LogP contribution in [0.5, 0.6) is 23.0 Å². The number of alkyl halides is 2. The number of para-hydroxylation sites is 2. The van der Waals surface area contributed by atoms with Crippen LogP contribution in [-0.2, 0) is 22.5 Å². The van der Waals surface area contributed by atoms with Gasteiger partial charge in [-0.25, -0.2) is 9.59 Å². The van der Waals surface area contributed by atoms with Crippen LogP contribution in [0.3, 0.4) is 0 Å². The van der Waals surface area contributed by atoms with Crippen LogP contribution in [0.2, 0.25) is 10.0 Å². The second kappa shape index (κ2) is 19.0. The Hall–Kier alpha value is -5.58.